The SMILES string of the molecule is O[C@H]([C@@H](O)C(O)(c1ccc(-c2ccccc2)cc1)c1ccc(-c2ccccc2)cc1)C(O)(c1ccc(-c2ccccc2)cc1)c1ccc(-c2ccccc2)cc1. The maximum Gasteiger partial charge on any atom is 0.143 e. The Hall–Kier alpha value is -6.40. The lowest BCUT2D eigenvalue weighted by molar-refractivity contribution is -0.167. The van der Waals surface area contributed by atoms with Crippen LogP contribution in [-0.4, -0.2) is 32.6 Å². The van der Waals surface area contributed by atoms with Crippen LogP contribution in [0.3, 0.4) is 0 Å². The molecule has 2 atom stereocenters. The summed E-state index contributed by atoms with van der Waals surface area (Å²) >= 11 is 0. The molecule has 4 N–H and O–H groups in total. The summed E-state index contributed by atoms with van der Waals surface area (Å²) in [5, 5.41) is 51.2. The lowest BCUT2D eigenvalue weighted by Crippen LogP contribution is -2.56. The van der Waals surface area contributed by atoms with Crippen molar-refractivity contribution in [1.82, 2.24) is 0 Å². The van der Waals surface area contributed by atoms with E-state index in [1.807, 2.05) is 170 Å². The Kier molecular flexibility index (Phi) is 10.3. The summed E-state index contributed by atoms with van der Waals surface area (Å²) in [6, 6.07) is 68.9. The highest BCUT2D eigenvalue weighted by atomic mass is 16.4. The van der Waals surface area contributed by atoms with Crippen molar-refractivity contribution in [2.24, 2.45) is 0 Å². The van der Waals surface area contributed by atoms with Crippen LogP contribution in [0.1, 0.15) is 22.3 Å². The molecule has 0 spiro atoms. The fourth-order valence-corrected chi connectivity index (χ4v) is 7.66. The number of aliphatic hydroxyl groups excluding tert-OH is 2. The molecule has 0 radical (unpaired) electrons. The minimum absolute atomic E-state index is 0.359. The normalized spacial score (nSPS) is 12.9. The highest BCUT2D eigenvalue weighted by molar-refractivity contribution is 5.68. The van der Waals surface area contributed by atoms with E-state index in [2.05, 4.69) is 0 Å². The second-order valence-corrected chi connectivity index (χ2v) is 14.2. The number of aliphatic hydroxyl groups is 4. The second-order valence-electron chi connectivity index (χ2n) is 14.2. The van der Waals surface area contributed by atoms with Gasteiger partial charge in [0.25, 0.3) is 0 Å². The summed E-state index contributed by atoms with van der Waals surface area (Å²) in [5.74, 6) is 0. The van der Waals surface area contributed by atoms with Gasteiger partial charge in [-0.2, -0.15) is 0 Å². The summed E-state index contributed by atoms with van der Waals surface area (Å²) in [4.78, 5) is 0. The maximum absolute atomic E-state index is 13.0. The van der Waals surface area contributed by atoms with E-state index in [1.165, 1.54) is 0 Å². The van der Waals surface area contributed by atoms with E-state index in [-0.39, 0.29) is 0 Å². The Morgan fingerprint density at radius 1 is 0.232 bits per heavy atom. The van der Waals surface area contributed by atoms with Gasteiger partial charge in [-0.1, -0.05) is 218 Å². The van der Waals surface area contributed by atoms with Crippen LogP contribution in [-0.2, 0) is 11.2 Å². The summed E-state index contributed by atoms with van der Waals surface area (Å²) in [6.45, 7) is 0. The molecule has 0 heterocycles. The largest absolute Gasteiger partial charge is 0.387 e. The molecule has 56 heavy (non-hydrogen) atoms. The fraction of sp³-hybridized carbons (Fsp3) is 0.0769. The first-order valence-corrected chi connectivity index (χ1v) is 18.8. The predicted octanol–water partition coefficient (Wildman–Crippen LogP) is 10.2. The van der Waals surface area contributed by atoms with Gasteiger partial charge in [0.15, 0.2) is 0 Å². The highest BCUT2D eigenvalue weighted by Gasteiger charge is 2.52. The lowest BCUT2D eigenvalue weighted by atomic mass is 9.71. The summed E-state index contributed by atoms with van der Waals surface area (Å²) in [6.07, 6.45) is -3.83. The first-order valence-electron chi connectivity index (χ1n) is 18.8. The summed E-state index contributed by atoms with van der Waals surface area (Å²) in [7, 11) is 0. The number of rotatable bonds is 11. The van der Waals surface area contributed by atoms with Crippen LogP contribution in [0.5, 0.6) is 0 Å². The van der Waals surface area contributed by atoms with Crippen molar-refractivity contribution in [2.75, 3.05) is 0 Å². The number of hydrogen-bond acceptors (Lipinski definition) is 4. The fourth-order valence-electron chi connectivity index (χ4n) is 7.66. The Labute approximate surface area is 327 Å². The van der Waals surface area contributed by atoms with Gasteiger partial charge in [0.05, 0.1) is 0 Å². The zero-order valence-electron chi connectivity index (χ0n) is 30.7. The molecule has 0 bridgehead atoms. The van der Waals surface area contributed by atoms with E-state index in [1.54, 1.807) is 48.5 Å². The van der Waals surface area contributed by atoms with E-state index >= 15 is 0 Å². The summed E-state index contributed by atoms with van der Waals surface area (Å²) < 4.78 is 0. The first-order chi connectivity index (χ1) is 27.4. The van der Waals surface area contributed by atoms with Gasteiger partial charge in [-0.25, -0.2) is 0 Å². The smallest absolute Gasteiger partial charge is 0.143 e. The van der Waals surface area contributed by atoms with Crippen molar-refractivity contribution < 1.29 is 20.4 Å². The molecule has 274 valence electrons. The monoisotopic (exact) mass is 730 g/mol. The van der Waals surface area contributed by atoms with Crippen molar-refractivity contribution in [2.45, 2.75) is 23.4 Å². The molecule has 0 saturated carbocycles. The average molecular weight is 731 g/mol. The van der Waals surface area contributed by atoms with Gasteiger partial charge in [0, 0.05) is 0 Å². The molecule has 4 nitrogen and oxygen atoms in total. The van der Waals surface area contributed by atoms with Crippen LogP contribution in [0.15, 0.2) is 218 Å². The molecular formula is C52H42O4. The molecule has 8 aromatic rings. The van der Waals surface area contributed by atoms with Gasteiger partial charge < -0.3 is 20.4 Å². The van der Waals surface area contributed by atoms with E-state index in [9.17, 15) is 20.4 Å². The predicted molar refractivity (Wildman–Crippen MR) is 226 cm³/mol. The third-order valence-electron chi connectivity index (χ3n) is 10.9. The molecule has 0 fully saturated rings. The molecule has 0 aliphatic rings. The van der Waals surface area contributed by atoms with E-state index in [0.717, 1.165) is 44.5 Å². The standard InChI is InChI=1S/C52H42O4/c53-49(51(55,45-29-21-41(22-30-45)37-13-5-1-6-14-37)46-31-23-42(24-32-46)38-15-7-2-8-16-38)50(54)52(56,47-33-25-43(26-34-47)39-17-9-3-10-18-39)48-35-27-44(28-36-48)40-19-11-4-12-20-40/h1-36,49-50,53-56H/t49-,50-/m1/s1. The topological polar surface area (TPSA) is 80.9 Å². The van der Waals surface area contributed by atoms with Crippen LogP contribution in [0.25, 0.3) is 44.5 Å². The molecule has 0 aromatic heterocycles. The van der Waals surface area contributed by atoms with E-state index < -0.39 is 23.4 Å². The maximum atomic E-state index is 13.0. The zero-order chi connectivity index (χ0) is 38.5. The van der Waals surface area contributed by atoms with Gasteiger partial charge in [0.2, 0.25) is 0 Å². The average Bonchev–Trinajstić information content (AvgIpc) is 3.29. The molecule has 4 heteroatoms. The Morgan fingerprint density at radius 3 is 0.571 bits per heavy atom. The minimum Gasteiger partial charge on any atom is -0.387 e. The van der Waals surface area contributed by atoms with Crippen molar-refractivity contribution in [1.29, 1.82) is 0 Å². The Morgan fingerprint density at radius 2 is 0.393 bits per heavy atom. The molecule has 0 aliphatic heterocycles. The minimum atomic E-state index is -2.16. The summed E-state index contributed by atoms with van der Waals surface area (Å²) in [5.41, 5.74) is 4.84. The number of hydrogen-bond donors (Lipinski definition) is 4. The van der Waals surface area contributed by atoms with Crippen LogP contribution < -0.4 is 0 Å². The first kappa shape index (κ1) is 36.6. The quantitative estimate of drug-likeness (QED) is 0.107. The molecule has 8 aromatic carbocycles. The van der Waals surface area contributed by atoms with Gasteiger partial charge >= 0.3 is 0 Å². The molecule has 0 saturated heterocycles. The molecule has 0 amide bonds. The molecular weight excluding hydrogens is 689 g/mol. The van der Waals surface area contributed by atoms with Crippen molar-refractivity contribution in [3.63, 3.8) is 0 Å². The van der Waals surface area contributed by atoms with Crippen molar-refractivity contribution >= 4 is 0 Å². The molecule has 0 unspecified atom stereocenters. The van der Waals surface area contributed by atoms with Gasteiger partial charge in [0.1, 0.15) is 23.4 Å². The highest BCUT2D eigenvalue weighted by Crippen LogP contribution is 2.43. The van der Waals surface area contributed by atoms with E-state index in [4.69, 9.17) is 0 Å². The van der Waals surface area contributed by atoms with Crippen molar-refractivity contribution in [3.8, 4) is 44.5 Å². The Bertz CT molecular complexity index is 2120. The van der Waals surface area contributed by atoms with Gasteiger partial charge in [-0.05, 0) is 66.8 Å². The van der Waals surface area contributed by atoms with Crippen LogP contribution in [0, 0.1) is 0 Å². The third-order valence-corrected chi connectivity index (χ3v) is 10.9. The van der Waals surface area contributed by atoms with Crippen LogP contribution in [0.4, 0.5) is 0 Å². The number of benzene rings is 8. The zero-order valence-corrected chi connectivity index (χ0v) is 30.7. The van der Waals surface area contributed by atoms with Gasteiger partial charge in [-0.15, -0.1) is 0 Å². The van der Waals surface area contributed by atoms with Crippen molar-refractivity contribution in [3.05, 3.63) is 241 Å². The Balaban J connectivity index is 1.24. The van der Waals surface area contributed by atoms with Crippen LogP contribution in [0.2, 0.25) is 0 Å². The second kappa shape index (κ2) is 15.8. The van der Waals surface area contributed by atoms with E-state index in [0.29, 0.717) is 22.3 Å². The lowest BCUT2D eigenvalue weighted by Gasteiger charge is -2.43. The molecule has 8 rings (SSSR count). The third kappa shape index (κ3) is 6.99. The van der Waals surface area contributed by atoms with Crippen LogP contribution >= 0.6 is 0 Å². The molecule has 0 aliphatic carbocycles. The van der Waals surface area contributed by atoms with Gasteiger partial charge in [-0.3, -0.25) is 0 Å².